The summed E-state index contributed by atoms with van der Waals surface area (Å²) < 4.78 is 0. The van der Waals surface area contributed by atoms with Gasteiger partial charge in [0.05, 0.1) is 11.2 Å². The average molecular weight is 225 g/mol. The molecule has 0 fully saturated rings. The highest BCUT2D eigenvalue weighted by Crippen LogP contribution is 2.24. The molecular weight excluding hydrogens is 210 g/mol. The van der Waals surface area contributed by atoms with Crippen molar-refractivity contribution < 1.29 is 4.79 Å². The molecule has 0 radical (unpaired) electrons. The number of aryl methyl sites for hydroxylation is 1. The summed E-state index contributed by atoms with van der Waals surface area (Å²) in [7, 11) is 0. The molecule has 0 saturated carbocycles. The third kappa shape index (κ3) is 1.98. The number of fused-ring (bicyclic) bond motifs is 1. The van der Waals surface area contributed by atoms with Crippen LogP contribution in [0.1, 0.15) is 35.0 Å². The Morgan fingerprint density at radius 1 is 1.35 bits per heavy atom. The average Bonchev–Trinajstić information content (AvgIpc) is 2.38. The van der Waals surface area contributed by atoms with Crippen LogP contribution in [0.15, 0.2) is 30.8 Å². The van der Waals surface area contributed by atoms with Crippen molar-refractivity contribution in [1.82, 2.24) is 4.98 Å². The van der Waals surface area contributed by atoms with Gasteiger partial charge in [-0.25, -0.2) is 4.98 Å². The van der Waals surface area contributed by atoms with E-state index in [0.29, 0.717) is 11.3 Å². The molecule has 2 aromatic rings. The Kier molecular flexibility index (Phi) is 3.33. The second kappa shape index (κ2) is 4.91. The fourth-order valence-electron chi connectivity index (χ4n) is 2.12. The van der Waals surface area contributed by atoms with Gasteiger partial charge in [0, 0.05) is 10.9 Å². The fourth-order valence-corrected chi connectivity index (χ4v) is 2.12. The molecule has 2 rings (SSSR count). The molecule has 1 aromatic heterocycles. The molecule has 86 valence electrons. The Bertz CT molecular complexity index is 572. The van der Waals surface area contributed by atoms with Crippen LogP contribution in [0.4, 0.5) is 0 Å². The number of hydrogen-bond donors (Lipinski definition) is 0. The molecule has 1 aromatic carbocycles. The minimum atomic E-state index is 0.681. The van der Waals surface area contributed by atoms with Crippen LogP contribution in [0, 0.1) is 0 Å². The van der Waals surface area contributed by atoms with Crippen molar-refractivity contribution in [1.29, 1.82) is 0 Å². The number of para-hydroxylation sites is 1. The van der Waals surface area contributed by atoms with E-state index in [9.17, 15) is 4.79 Å². The van der Waals surface area contributed by atoms with Crippen LogP contribution in [0.2, 0.25) is 0 Å². The van der Waals surface area contributed by atoms with Crippen LogP contribution in [0.25, 0.3) is 17.0 Å². The molecule has 0 aliphatic carbocycles. The maximum absolute atomic E-state index is 11.2. The predicted molar refractivity (Wildman–Crippen MR) is 71.2 cm³/mol. The Hall–Kier alpha value is -1.96. The zero-order chi connectivity index (χ0) is 12.3. The van der Waals surface area contributed by atoms with E-state index in [4.69, 9.17) is 0 Å². The van der Waals surface area contributed by atoms with Gasteiger partial charge >= 0.3 is 0 Å². The Balaban J connectivity index is 2.85. The van der Waals surface area contributed by atoms with Crippen LogP contribution >= 0.6 is 0 Å². The van der Waals surface area contributed by atoms with Gasteiger partial charge < -0.3 is 0 Å². The van der Waals surface area contributed by atoms with Gasteiger partial charge in [0.2, 0.25) is 0 Å². The van der Waals surface area contributed by atoms with Gasteiger partial charge in [-0.2, -0.15) is 0 Å². The third-order valence-corrected chi connectivity index (χ3v) is 2.88. The molecule has 2 heteroatoms. The molecule has 0 N–H and O–H groups in total. The monoisotopic (exact) mass is 225 g/mol. The molecule has 17 heavy (non-hydrogen) atoms. The summed E-state index contributed by atoms with van der Waals surface area (Å²) in [6.45, 7) is 5.83. The molecule has 0 spiro atoms. The van der Waals surface area contributed by atoms with Gasteiger partial charge in [-0.15, -0.1) is 0 Å². The number of pyridine rings is 1. The number of benzene rings is 1. The van der Waals surface area contributed by atoms with Gasteiger partial charge in [0.1, 0.15) is 0 Å². The van der Waals surface area contributed by atoms with Gasteiger partial charge in [-0.3, -0.25) is 4.79 Å². The Morgan fingerprint density at radius 3 is 2.76 bits per heavy atom. The van der Waals surface area contributed by atoms with Crippen molar-refractivity contribution in [3.05, 3.63) is 47.7 Å². The molecule has 0 aliphatic heterocycles. The maximum atomic E-state index is 11.2. The number of carbonyl (C=O) groups is 1. The van der Waals surface area contributed by atoms with Crippen LogP contribution < -0.4 is 0 Å². The van der Waals surface area contributed by atoms with Crippen LogP contribution in [0.3, 0.4) is 0 Å². The number of nitrogens with zero attached hydrogens (tertiary/aromatic N) is 1. The van der Waals surface area contributed by atoms with E-state index in [1.807, 2.05) is 24.3 Å². The molecule has 2 nitrogen and oxygen atoms in total. The first-order chi connectivity index (χ1) is 8.31. The molecule has 0 unspecified atom stereocenters. The van der Waals surface area contributed by atoms with E-state index in [1.165, 1.54) is 0 Å². The van der Waals surface area contributed by atoms with E-state index < -0.39 is 0 Å². The molecule has 0 amide bonds. The SMILES string of the molecule is C=Cc1nc2ccccc2c(CCC)c1C=O. The summed E-state index contributed by atoms with van der Waals surface area (Å²) in [6.07, 6.45) is 4.43. The van der Waals surface area contributed by atoms with Crippen molar-refractivity contribution >= 4 is 23.3 Å². The maximum Gasteiger partial charge on any atom is 0.152 e. The quantitative estimate of drug-likeness (QED) is 0.743. The highest BCUT2D eigenvalue weighted by molar-refractivity contribution is 5.93. The van der Waals surface area contributed by atoms with Crippen LogP contribution in [-0.2, 0) is 6.42 Å². The highest BCUT2D eigenvalue weighted by Gasteiger charge is 2.11. The summed E-state index contributed by atoms with van der Waals surface area (Å²) in [5, 5.41) is 1.07. The van der Waals surface area contributed by atoms with E-state index in [1.54, 1.807) is 6.08 Å². The van der Waals surface area contributed by atoms with E-state index >= 15 is 0 Å². The lowest BCUT2D eigenvalue weighted by atomic mass is 9.97. The Labute approximate surface area is 101 Å². The van der Waals surface area contributed by atoms with Gasteiger partial charge in [-0.05, 0) is 24.1 Å². The van der Waals surface area contributed by atoms with Gasteiger partial charge in [0.25, 0.3) is 0 Å². The number of rotatable bonds is 4. The van der Waals surface area contributed by atoms with E-state index in [2.05, 4.69) is 18.5 Å². The van der Waals surface area contributed by atoms with Crippen molar-refractivity contribution in [3.8, 4) is 0 Å². The third-order valence-electron chi connectivity index (χ3n) is 2.88. The van der Waals surface area contributed by atoms with Crippen molar-refractivity contribution in [2.75, 3.05) is 0 Å². The number of aromatic nitrogens is 1. The summed E-state index contributed by atoms with van der Waals surface area (Å²) in [4.78, 5) is 15.7. The van der Waals surface area contributed by atoms with Crippen molar-refractivity contribution in [3.63, 3.8) is 0 Å². The molecule has 0 atom stereocenters. The smallest absolute Gasteiger partial charge is 0.152 e. The summed E-state index contributed by atoms with van der Waals surface area (Å²) >= 11 is 0. The Morgan fingerprint density at radius 2 is 2.12 bits per heavy atom. The lowest BCUT2D eigenvalue weighted by Crippen LogP contribution is -2.00. The molecule has 0 aliphatic rings. The van der Waals surface area contributed by atoms with E-state index in [-0.39, 0.29) is 0 Å². The lowest BCUT2D eigenvalue weighted by Gasteiger charge is -2.10. The number of hydrogen-bond acceptors (Lipinski definition) is 2. The topological polar surface area (TPSA) is 30.0 Å². The standard InChI is InChI=1S/C15H15NO/c1-3-7-11-12-8-5-6-9-15(12)16-14(4-2)13(11)10-17/h4-6,8-10H,2-3,7H2,1H3. The molecule has 1 heterocycles. The zero-order valence-electron chi connectivity index (χ0n) is 9.94. The van der Waals surface area contributed by atoms with E-state index in [0.717, 1.165) is 35.6 Å². The van der Waals surface area contributed by atoms with Crippen LogP contribution in [-0.4, -0.2) is 11.3 Å². The zero-order valence-corrected chi connectivity index (χ0v) is 9.94. The molecular formula is C15H15NO. The minimum absolute atomic E-state index is 0.681. The summed E-state index contributed by atoms with van der Waals surface area (Å²) in [5.74, 6) is 0. The van der Waals surface area contributed by atoms with Crippen molar-refractivity contribution in [2.45, 2.75) is 19.8 Å². The first kappa shape index (κ1) is 11.5. The summed E-state index contributed by atoms with van der Waals surface area (Å²) in [5.41, 5.74) is 3.38. The van der Waals surface area contributed by atoms with Crippen LogP contribution in [0.5, 0.6) is 0 Å². The molecule has 0 saturated heterocycles. The lowest BCUT2D eigenvalue weighted by molar-refractivity contribution is 0.112. The fraction of sp³-hybridized carbons (Fsp3) is 0.200. The van der Waals surface area contributed by atoms with Crippen molar-refractivity contribution in [2.24, 2.45) is 0 Å². The number of carbonyl (C=O) groups excluding carboxylic acids is 1. The second-order valence-electron chi connectivity index (χ2n) is 3.98. The minimum Gasteiger partial charge on any atom is -0.298 e. The predicted octanol–water partition coefficient (Wildman–Crippen LogP) is 3.64. The molecule has 0 bridgehead atoms. The highest BCUT2D eigenvalue weighted by atomic mass is 16.1. The first-order valence-corrected chi connectivity index (χ1v) is 5.81. The second-order valence-corrected chi connectivity index (χ2v) is 3.98. The van der Waals surface area contributed by atoms with Gasteiger partial charge in [0.15, 0.2) is 6.29 Å². The number of aldehydes is 1. The largest absolute Gasteiger partial charge is 0.298 e. The first-order valence-electron chi connectivity index (χ1n) is 5.81. The summed E-state index contributed by atoms with van der Waals surface area (Å²) in [6, 6.07) is 7.92. The van der Waals surface area contributed by atoms with Gasteiger partial charge in [-0.1, -0.05) is 38.1 Å². The normalized spacial score (nSPS) is 10.4.